The smallest absolute Gasteiger partial charge is 0.211 e. The number of benzene rings is 1. The van der Waals surface area contributed by atoms with E-state index in [4.69, 9.17) is 4.74 Å². The Hall–Kier alpha value is -1.11. The van der Waals surface area contributed by atoms with Gasteiger partial charge in [0.15, 0.2) is 0 Å². The molecule has 0 aliphatic carbocycles. The first kappa shape index (κ1) is 17.2. The Labute approximate surface area is 133 Å². The summed E-state index contributed by atoms with van der Waals surface area (Å²) < 4.78 is 31.4. The van der Waals surface area contributed by atoms with Crippen LogP contribution in [0.1, 0.15) is 31.4 Å². The van der Waals surface area contributed by atoms with Gasteiger partial charge in [-0.05, 0) is 57.0 Å². The van der Waals surface area contributed by atoms with Crippen molar-refractivity contribution >= 4 is 10.0 Å². The third-order valence-electron chi connectivity index (χ3n) is 4.41. The quantitative estimate of drug-likeness (QED) is 0.869. The highest BCUT2D eigenvalue weighted by molar-refractivity contribution is 7.89. The van der Waals surface area contributed by atoms with Crippen molar-refractivity contribution in [3.05, 3.63) is 29.8 Å². The Morgan fingerprint density at radius 3 is 2.59 bits per heavy atom. The molecule has 124 valence electrons. The van der Waals surface area contributed by atoms with E-state index in [1.165, 1.54) is 5.56 Å². The summed E-state index contributed by atoms with van der Waals surface area (Å²) in [6, 6.07) is 8.31. The molecule has 0 radical (unpaired) electrons. The average Bonchev–Trinajstić information content (AvgIpc) is 2.53. The SMILES string of the molecule is CCS(=O)(=O)NC[C@H]1CCCN(C)[C@@H]1c1ccc(OC)cc1. The number of methoxy groups -OCH3 is 1. The number of piperidine rings is 1. The minimum absolute atomic E-state index is 0.128. The number of nitrogens with one attached hydrogen (secondary N) is 1. The first-order valence-electron chi connectivity index (χ1n) is 7.78. The van der Waals surface area contributed by atoms with Crippen LogP contribution >= 0.6 is 0 Å². The summed E-state index contributed by atoms with van der Waals surface area (Å²) >= 11 is 0. The molecule has 22 heavy (non-hydrogen) atoms. The lowest BCUT2D eigenvalue weighted by Gasteiger charge is -2.39. The number of hydrogen-bond acceptors (Lipinski definition) is 4. The number of rotatable bonds is 6. The van der Waals surface area contributed by atoms with Crippen LogP contribution in [0.15, 0.2) is 24.3 Å². The van der Waals surface area contributed by atoms with Crippen molar-refractivity contribution in [1.29, 1.82) is 0 Å². The number of ether oxygens (including phenoxy) is 1. The fraction of sp³-hybridized carbons (Fsp3) is 0.625. The Kier molecular flexibility index (Phi) is 5.83. The lowest BCUT2D eigenvalue weighted by atomic mass is 9.85. The molecule has 1 heterocycles. The molecule has 5 nitrogen and oxygen atoms in total. The van der Waals surface area contributed by atoms with Gasteiger partial charge in [-0.1, -0.05) is 12.1 Å². The summed E-state index contributed by atoms with van der Waals surface area (Å²) in [7, 11) is 0.622. The van der Waals surface area contributed by atoms with Crippen LogP contribution in [-0.4, -0.2) is 46.3 Å². The summed E-state index contributed by atoms with van der Waals surface area (Å²) in [5.74, 6) is 1.25. The zero-order chi connectivity index (χ0) is 16.2. The molecule has 0 unspecified atom stereocenters. The molecule has 1 N–H and O–H groups in total. The third-order valence-corrected chi connectivity index (χ3v) is 5.78. The Morgan fingerprint density at radius 2 is 2.00 bits per heavy atom. The average molecular weight is 326 g/mol. The van der Waals surface area contributed by atoms with Gasteiger partial charge in [0.1, 0.15) is 5.75 Å². The summed E-state index contributed by atoms with van der Waals surface area (Å²) in [6.07, 6.45) is 2.13. The molecule has 1 fully saturated rings. The van der Waals surface area contributed by atoms with E-state index < -0.39 is 10.0 Å². The Morgan fingerprint density at radius 1 is 1.32 bits per heavy atom. The molecule has 1 aromatic rings. The minimum atomic E-state index is -3.14. The third kappa shape index (κ3) is 4.21. The second-order valence-electron chi connectivity index (χ2n) is 5.85. The molecule has 1 aromatic carbocycles. The predicted molar refractivity (Wildman–Crippen MR) is 88.6 cm³/mol. The van der Waals surface area contributed by atoms with Crippen LogP contribution in [-0.2, 0) is 10.0 Å². The van der Waals surface area contributed by atoms with Gasteiger partial charge in [-0.15, -0.1) is 0 Å². The topological polar surface area (TPSA) is 58.6 Å². The second kappa shape index (κ2) is 7.44. The summed E-state index contributed by atoms with van der Waals surface area (Å²) in [5, 5.41) is 0. The fourth-order valence-electron chi connectivity index (χ4n) is 3.14. The Balaban J connectivity index is 2.15. The van der Waals surface area contributed by atoms with E-state index in [0.717, 1.165) is 25.1 Å². The van der Waals surface area contributed by atoms with Gasteiger partial charge in [0.2, 0.25) is 10.0 Å². The van der Waals surface area contributed by atoms with Gasteiger partial charge in [0.05, 0.1) is 12.9 Å². The largest absolute Gasteiger partial charge is 0.497 e. The molecule has 2 atom stereocenters. The molecule has 0 amide bonds. The molecule has 0 spiro atoms. The number of hydrogen-bond donors (Lipinski definition) is 1. The van der Waals surface area contributed by atoms with Crippen molar-refractivity contribution in [2.45, 2.75) is 25.8 Å². The molecule has 0 saturated carbocycles. The second-order valence-corrected chi connectivity index (χ2v) is 7.95. The van der Waals surface area contributed by atoms with Crippen LogP contribution in [0.5, 0.6) is 5.75 Å². The molecular weight excluding hydrogens is 300 g/mol. The Bertz CT molecular complexity index is 572. The van der Waals surface area contributed by atoms with Gasteiger partial charge < -0.3 is 4.74 Å². The number of likely N-dealkylation sites (tertiary alicyclic amines) is 1. The number of nitrogens with zero attached hydrogens (tertiary/aromatic N) is 1. The van der Waals surface area contributed by atoms with E-state index in [1.54, 1.807) is 14.0 Å². The normalized spacial score (nSPS) is 23.4. The molecular formula is C16H26N2O3S. The maximum atomic E-state index is 11.7. The molecule has 1 saturated heterocycles. The molecule has 6 heteroatoms. The van der Waals surface area contributed by atoms with E-state index in [9.17, 15) is 8.42 Å². The van der Waals surface area contributed by atoms with Gasteiger partial charge in [0, 0.05) is 12.6 Å². The van der Waals surface area contributed by atoms with Crippen molar-refractivity contribution in [2.24, 2.45) is 5.92 Å². The highest BCUT2D eigenvalue weighted by atomic mass is 32.2. The summed E-state index contributed by atoms with van der Waals surface area (Å²) in [6.45, 7) is 3.20. The van der Waals surface area contributed by atoms with Crippen molar-refractivity contribution in [1.82, 2.24) is 9.62 Å². The van der Waals surface area contributed by atoms with Gasteiger partial charge in [0.25, 0.3) is 0 Å². The minimum Gasteiger partial charge on any atom is -0.497 e. The molecule has 1 aliphatic heterocycles. The maximum Gasteiger partial charge on any atom is 0.211 e. The zero-order valence-corrected chi connectivity index (χ0v) is 14.4. The first-order chi connectivity index (χ1) is 10.5. The lowest BCUT2D eigenvalue weighted by molar-refractivity contribution is 0.123. The first-order valence-corrected chi connectivity index (χ1v) is 9.43. The lowest BCUT2D eigenvalue weighted by Crippen LogP contribution is -2.42. The molecule has 2 rings (SSSR count). The van der Waals surface area contributed by atoms with Crippen LogP contribution in [0, 0.1) is 5.92 Å². The molecule has 1 aliphatic rings. The van der Waals surface area contributed by atoms with Crippen LogP contribution in [0.2, 0.25) is 0 Å². The van der Waals surface area contributed by atoms with E-state index in [-0.39, 0.29) is 17.7 Å². The van der Waals surface area contributed by atoms with E-state index in [2.05, 4.69) is 28.8 Å². The van der Waals surface area contributed by atoms with Crippen LogP contribution < -0.4 is 9.46 Å². The monoisotopic (exact) mass is 326 g/mol. The molecule has 0 bridgehead atoms. The van der Waals surface area contributed by atoms with E-state index >= 15 is 0 Å². The highest BCUT2D eigenvalue weighted by Gasteiger charge is 2.31. The van der Waals surface area contributed by atoms with Crippen LogP contribution in [0.4, 0.5) is 0 Å². The molecule has 0 aromatic heterocycles. The van der Waals surface area contributed by atoms with Crippen LogP contribution in [0.3, 0.4) is 0 Å². The van der Waals surface area contributed by atoms with Gasteiger partial charge >= 0.3 is 0 Å². The van der Waals surface area contributed by atoms with E-state index in [0.29, 0.717) is 6.54 Å². The highest BCUT2D eigenvalue weighted by Crippen LogP contribution is 2.35. The van der Waals surface area contributed by atoms with Crippen molar-refractivity contribution in [3.8, 4) is 5.75 Å². The number of sulfonamides is 1. The van der Waals surface area contributed by atoms with Crippen molar-refractivity contribution in [3.63, 3.8) is 0 Å². The van der Waals surface area contributed by atoms with Gasteiger partial charge in [-0.25, -0.2) is 13.1 Å². The van der Waals surface area contributed by atoms with E-state index in [1.807, 2.05) is 12.1 Å². The van der Waals surface area contributed by atoms with Gasteiger partial charge in [-0.3, -0.25) is 4.90 Å². The van der Waals surface area contributed by atoms with Crippen molar-refractivity contribution < 1.29 is 13.2 Å². The zero-order valence-electron chi connectivity index (χ0n) is 13.6. The van der Waals surface area contributed by atoms with Gasteiger partial charge in [-0.2, -0.15) is 0 Å². The summed E-state index contributed by atoms with van der Waals surface area (Å²) in [4.78, 5) is 2.32. The fourth-order valence-corrected chi connectivity index (χ4v) is 3.81. The summed E-state index contributed by atoms with van der Waals surface area (Å²) in [5.41, 5.74) is 1.21. The van der Waals surface area contributed by atoms with Crippen molar-refractivity contribution in [2.75, 3.05) is 33.0 Å². The standard InChI is InChI=1S/C16H26N2O3S/c1-4-22(19,20)17-12-14-6-5-11-18(2)16(14)13-7-9-15(21-3)10-8-13/h7-10,14,16-17H,4-6,11-12H2,1-3H3/t14-,16-/m1/s1. The predicted octanol–water partition coefficient (Wildman–Crippen LogP) is 2.02. The maximum absolute atomic E-state index is 11.7. The van der Waals surface area contributed by atoms with Crippen LogP contribution in [0.25, 0.3) is 0 Å².